The molecule has 4 atom stereocenters. The molecule has 5 nitrogen and oxygen atoms in total. The van der Waals surface area contributed by atoms with Gasteiger partial charge in [0.2, 0.25) is 0 Å². The lowest BCUT2D eigenvalue weighted by Crippen LogP contribution is -2.38. The standard InChI is InChI=1S/C14H13Br2N3O2/c15-11-9-6-10(12(11)16)19-14(21)17(13(20)18(9)19)7-8-4-2-1-3-5-8/h1-5,9-12H,6-7H2/t9-,10-,11-,12-/m0/s1. The van der Waals surface area contributed by atoms with E-state index < -0.39 is 0 Å². The van der Waals surface area contributed by atoms with Crippen molar-refractivity contribution in [2.24, 2.45) is 0 Å². The highest BCUT2D eigenvalue weighted by Gasteiger charge is 2.51. The zero-order chi connectivity index (χ0) is 14.7. The van der Waals surface area contributed by atoms with E-state index in [4.69, 9.17) is 0 Å². The van der Waals surface area contributed by atoms with Gasteiger partial charge in [-0.2, -0.15) is 0 Å². The van der Waals surface area contributed by atoms with Crippen LogP contribution < -0.4 is 11.4 Å². The Labute approximate surface area is 137 Å². The van der Waals surface area contributed by atoms with Gasteiger partial charge in [0, 0.05) is 0 Å². The maximum atomic E-state index is 12.6. The van der Waals surface area contributed by atoms with Crippen molar-refractivity contribution in [2.75, 3.05) is 0 Å². The van der Waals surface area contributed by atoms with Crippen LogP contribution in [0.4, 0.5) is 0 Å². The fourth-order valence-electron chi connectivity index (χ4n) is 3.42. The van der Waals surface area contributed by atoms with E-state index in [9.17, 15) is 9.59 Å². The molecule has 1 fully saturated rings. The van der Waals surface area contributed by atoms with Gasteiger partial charge < -0.3 is 0 Å². The molecular weight excluding hydrogens is 402 g/mol. The second kappa shape index (κ2) is 4.71. The number of halogens is 2. The van der Waals surface area contributed by atoms with Crippen molar-refractivity contribution in [3.05, 3.63) is 56.9 Å². The molecule has 4 rings (SSSR count). The summed E-state index contributed by atoms with van der Waals surface area (Å²) in [6.45, 7) is 0.324. The Hall–Kier alpha value is -1.08. The summed E-state index contributed by atoms with van der Waals surface area (Å²) in [4.78, 5) is 25.6. The largest absolute Gasteiger partial charge is 0.347 e. The first-order chi connectivity index (χ1) is 10.1. The first-order valence-corrected chi connectivity index (χ1v) is 8.68. The summed E-state index contributed by atoms with van der Waals surface area (Å²) in [5.41, 5.74) is 0.542. The number of nitrogens with zero attached hydrogens (tertiary/aromatic N) is 3. The molecule has 2 bridgehead atoms. The van der Waals surface area contributed by atoms with Crippen molar-refractivity contribution in [3.63, 3.8) is 0 Å². The molecule has 1 aliphatic heterocycles. The van der Waals surface area contributed by atoms with E-state index in [1.807, 2.05) is 30.3 Å². The first-order valence-electron chi connectivity index (χ1n) is 6.85. The van der Waals surface area contributed by atoms with Crippen LogP contribution in [0.5, 0.6) is 0 Å². The van der Waals surface area contributed by atoms with Crippen LogP contribution in [0.1, 0.15) is 24.1 Å². The van der Waals surface area contributed by atoms with Crippen molar-refractivity contribution in [2.45, 2.75) is 34.7 Å². The zero-order valence-corrected chi connectivity index (χ0v) is 14.2. The SMILES string of the molecule is O=c1n(Cc2ccccc2)c(=O)n2n1[C@H]1C[C@H]2[C@H](Br)[C@H]1Br. The Morgan fingerprint density at radius 2 is 1.48 bits per heavy atom. The third kappa shape index (κ3) is 1.80. The molecule has 2 aromatic rings. The van der Waals surface area contributed by atoms with E-state index in [-0.39, 0.29) is 33.1 Å². The van der Waals surface area contributed by atoms with Gasteiger partial charge in [0.05, 0.1) is 28.3 Å². The van der Waals surface area contributed by atoms with Gasteiger partial charge in [0.15, 0.2) is 0 Å². The molecule has 0 amide bonds. The molecule has 21 heavy (non-hydrogen) atoms. The maximum Gasteiger partial charge on any atom is 0.347 e. The minimum Gasteiger partial charge on any atom is -0.246 e. The summed E-state index contributed by atoms with van der Waals surface area (Å²) in [7, 11) is 0. The topological polar surface area (TPSA) is 48.9 Å². The van der Waals surface area contributed by atoms with E-state index in [1.165, 1.54) is 4.57 Å². The Morgan fingerprint density at radius 3 is 2.00 bits per heavy atom. The van der Waals surface area contributed by atoms with Crippen LogP contribution >= 0.6 is 31.9 Å². The molecule has 0 N–H and O–H groups in total. The smallest absolute Gasteiger partial charge is 0.246 e. The zero-order valence-electron chi connectivity index (χ0n) is 11.0. The number of alkyl halides is 2. The summed E-state index contributed by atoms with van der Waals surface area (Å²) in [6, 6.07) is 9.70. The van der Waals surface area contributed by atoms with E-state index in [0.717, 1.165) is 12.0 Å². The van der Waals surface area contributed by atoms with E-state index >= 15 is 0 Å². The summed E-state index contributed by atoms with van der Waals surface area (Å²) in [5.74, 6) is 0. The van der Waals surface area contributed by atoms with Gasteiger partial charge in [0.25, 0.3) is 0 Å². The van der Waals surface area contributed by atoms with Gasteiger partial charge in [-0.25, -0.2) is 23.5 Å². The number of aromatic nitrogens is 3. The molecular formula is C14H13Br2N3O2. The third-order valence-corrected chi connectivity index (χ3v) is 7.49. The van der Waals surface area contributed by atoms with Crippen molar-refractivity contribution in [3.8, 4) is 0 Å². The number of hydrogen-bond acceptors (Lipinski definition) is 2. The van der Waals surface area contributed by atoms with Gasteiger partial charge >= 0.3 is 11.4 Å². The molecule has 0 saturated heterocycles. The van der Waals surface area contributed by atoms with Crippen LogP contribution in [0.25, 0.3) is 0 Å². The maximum absolute atomic E-state index is 12.6. The van der Waals surface area contributed by atoms with Crippen molar-refractivity contribution in [1.82, 2.24) is 13.9 Å². The van der Waals surface area contributed by atoms with Crippen LogP contribution in [0.2, 0.25) is 0 Å². The molecule has 1 aliphatic carbocycles. The fourth-order valence-corrected chi connectivity index (χ4v) is 5.00. The molecule has 7 heteroatoms. The second-order valence-electron chi connectivity index (χ2n) is 5.59. The van der Waals surface area contributed by atoms with Crippen LogP contribution in [0, 0.1) is 0 Å². The first kappa shape index (κ1) is 13.6. The van der Waals surface area contributed by atoms with Gasteiger partial charge in [-0.3, -0.25) is 0 Å². The average Bonchev–Trinajstić information content (AvgIpc) is 3.09. The summed E-state index contributed by atoms with van der Waals surface area (Å²) in [5, 5.41) is 0. The summed E-state index contributed by atoms with van der Waals surface area (Å²) >= 11 is 7.27. The fraction of sp³-hybridized carbons (Fsp3) is 0.429. The second-order valence-corrected chi connectivity index (χ2v) is 7.70. The molecule has 2 aliphatic rings. The Morgan fingerprint density at radius 1 is 0.952 bits per heavy atom. The van der Waals surface area contributed by atoms with Gasteiger partial charge in [-0.15, -0.1) is 0 Å². The summed E-state index contributed by atoms with van der Waals surface area (Å²) in [6.07, 6.45) is 0.836. The lowest BCUT2D eigenvalue weighted by Gasteiger charge is -2.24. The van der Waals surface area contributed by atoms with Crippen LogP contribution in [0.3, 0.4) is 0 Å². The number of fused-ring (bicyclic) bond motifs is 5. The van der Waals surface area contributed by atoms with E-state index in [1.54, 1.807) is 9.36 Å². The molecule has 0 spiro atoms. The van der Waals surface area contributed by atoms with Gasteiger partial charge in [-0.1, -0.05) is 62.2 Å². The van der Waals surface area contributed by atoms with E-state index in [0.29, 0.717) is 6.54 Å². The van der Waals surface area contributed by atoms with Crippen LogP contribution in [-0.4, -0.2) is 23.6 Å². The molecule has 1 aromatic heterocycles. The predicted molar refractivity (Wildman–Crippen MR) is 86.6 cm³/mol. The number of hydrogen-bond donors (Lipinski definition) is 0. The minimum atomic E-state index is -0.208. The lowest BCUT2D eigenvalue weighted by atomic mass is 10.2. The van der Waals surface area contributed by atoms with Crippen LogP contribution in [-0.2, 0) is 6.54 Å². The Bertz CT molecular complexity index is 762. The summed E-state index contributed by atoms with van der Waals surface area (Å²) < 4.78 is 4.60. The average molecular weight is 415 g/mol. The minimum absolute atomic E-state index is 0.0524. The van der Waals surface area contributed by atoms with Crippen LogP contribution in [0.15, 0.2) is 39.9 Å². The lowest BCUT2D eigenvalue weighted by molar-refractivity contribution is 0.395. The highest BCUT2D eigenvalue weighted by molar-refractivity contribution is 9.12. The molecule has 1 saturated carbocycles. The highest BCUT2D eigenvalue weighted by atomic mass is 79.9. The molecule has 1 aromatic carbocycles. The van der Waals surface area contributed by atoms with E-state index in [2.05, 4.69) is 31.9 Å². The van der Waals surface area contributed by atoms with Gasteiger partial charge in [-0.05, 0) is 12.0 Å². The predicted octanol–water partition coefficient (Wildman–Crippen LogP) is 1.89. The third-order valence-electron chi connectivity index (χ3n) is 4.42. The van der Waals surface area contributed by atoms with Gasteiger partial charge in [0.1, 0.15) is 0 Å². The number of rotatable bonds is 2. The monoisotopic (exact) mass is 413 g/mol. The number of benzene rings is 1. The molecule has 0 radical (unpaired) electrons. The van der Waals surface area contributed by atoms with Crippen molar-refractivity contribution in [1.29, 1.82) is 0 Å². The Kier molecular flexibility index (Phi) is 3.04. The molecule has 2 heterocycles. The van der Waals surface area contributed by atoms with Crippen molar-refractivity contribution >= 4 is 31.9 Å². The Balaban J connectivity index is 1.83. The molecule has 110 valence electrons. The molecule has 0 unspecified atom stereocenters. The highest BCUT2D eigenvalue weighted by Crippen LogP contribution is 2.49. The normalized spacial score (nSPS) is 29.8. The quantitative estimate of drug-likeness (QED) is 0.704. The van der Waals surface area contributed by atoms with Crippen molar-refractivity contribution < 1.29 is 0 Å².